The molecule has 148 valence electrons. The molecular formula is C21H21N5O3. The second-order valence-electron chi connectivity index (χ2n) is 7.32. The van der Waals surface area contributed by atoms with Gasteiger partial charge in [0.1, 0.15) is 16.9 Å². The summed E-state index contributed by atoms with van der Waals surface area (Å²) in [6, 6.07) is 9.12. The Labute approximate surface area is 167 Å². The quantitative estimate of drug-likeness (QED) is 0.554. The monoisotopic (exact) mass is 391 g/mol. The molecule has 29 heavy (non-hydrogen) atoms. The van der Waals surface area contributed by atoms with Gasteiger partial charge in [-0.2, -0.15) is 0 Å². The zero-order chi connectivity index (χ0) is 20.4. The minimum absolute atomic E-state index is 0.136. The van der Waals surface area contributed by atoms with Crippen LogP contribution in [0.25, 0.3) is 11.4 Å². The molecule has 4 rings (SSSR count). The summed E-state index contributed by atoms with van der Waals surface area (Å²) in [5.41, 5.74) is 5.82. The van der Waals surface area contributed by atoms with Crippen molar-refractivity contribution in [1.29, 1.82) is 0 Å². The smallest absolute Gasteiger partial charge is 0.267 e. The summed E-state index contributed by atoms with van der Waals surface area (Å²) in [4.78, 5) is 32.5. The Morgan fingerprint density at radius 2 is 2.17 bits per heavy atom. The number of carbonyl (C=O) groups is 2. The van der Waals surface area contributed by atoms with Crippen molar-refractivity contribution in [2.45, 2.75) is 25.3 Å². The minimum Gasteiger partial charge on any atom is -0.394 e. The van der Waals surface area contributed by atoms with Crippen molar-refractivity contribution in [3.8, 4) is 23.2 Å². The molecule has 5 N–H and O–H groups in total. The van der Waals surface area contributed by atoms with Crippen molar-refractivity contribution in [1.82, 2.24) is 15.3 Å². The first-order chi connectivity index (χ1) is 14.0. The van der Waals surface area contributed by atoms with Crippen LogP contribution in [0, 0.1) is 17.3 Å². The molecule has 2 aromatic rings. The van der Waals surface area contributed by atoms with E-state index in [1.165, 1.54) is 0 Å². The first kappa shape index (κ1) is 18.9. The van der Waals surface area contributed by atoms with Crippen LogP contribution in [0.4, 0.5) is 5.82 Å². The zero-order valence-electron chi connectivity index (χ0n) is 15.7. The predicted octanol–water partition coefficient (Wildman–Crippen LogP) is 0.667. The van der Waals surface area contributed by atoms with Gasteiger partial charge in [-0.3, -0.25) is 9.59 Å². The molecule has 1 aliphatic heterocycles. The van der Waals surface area contributed by atoms with Gasteiger partial charge < -0.3 is 21.5 Å². The molecule has 1 saturated carbocycles. The highest BCUT2D eigenvalue weighted by Gasteiger charge is 2.40. The van der Waals surface area contributed by atoms with Gasteiger partial charge in [-0.15, -0.1) is 0 Å². The third kappa shape index (κ3) is 4.05. The Balaban J connectivity index is 1.67. The van der Waals surface area contributed by atoms with Gasteiger partial charge in [0.2, 0.25) is 5.91 Å². The molecule has 1 saturated heterocycles. The van der Waals surface area contributed by atoms with Gasteiger partial charge in [0.15, 0.2) is 5.82 Å². The van der Waals surface area contributed by atoms with Crippen molar-refractivity contribution >= 4 is 17.6 Å². The first-order valence-electron chi connectivity index (χ1n) is 9.47. The van der Waals surface area contributed by atoms with E-state index in [0.29, 0.717) is 41.8 Å². The summed E-state index contributed by atoms with van der Waals surface area (Å²) in [6.07, 6.45) is 2.60. The molecule has 1 aliphatic carbocycles. The molecule has 1 atom stereocenters. The fourth-order valence-electron chi connectivity index (χ4n) is 3.12. The summed E-state index contributed by atoms with van der Waals surface area (Å²) in [5.74, 6) is 5.95. The number of benzene rings is 1. The molecule has 0 bridgehead atoms. The molecule has 2 heterocycles. The van der Waals surface area contributed by atoms with Crippen molar-refractivity contribution < 1.29 is 14.7 Å². The summed E-state index contributed by atoms with van der Waals surface area (Å²) in [5, 5.41) is 15.6. The topological polar surface area (TPSA) is 130 Å². The zero-order valence-corrected chi connectivity index (χ0v) is 15.7. The summed E-state index contributed by atoms with van der Waals surface area (Å²) >= 11 is 0. The number of hydrogen-bond donors (Lipinski definition) is 4. The molecule has 2 amide bonds. The lowest BCUT2D eigenvalue weighted by atomic mass is 9.88. The van der Waals surface area contributed by atoms with E-state index in [1.807, 2.05) is 6.07 Å². The highest BCUT2D eigenvalue weighted by atomic mass is 16.3. The third-order valence-corrected chi connectivity index (χ3v) is 5.02. The Morgan fingerprint density at radius 3 is 2.83 bits per heavy atom. The molecule has 1 aromatic heterocycles. The number of aromatic nitrogens is 2. The largest absolute Gasteiger partial charge is 0.394 e. The van der Waals surface area contributed by atoms with Crippen LogP contribution >= 0.6 is 0 Å². The average molecular weight is 391 g/mol. The second kappa shape index (κ2) is 7.53. The molecule has 0 unspecified atom stereocenters. The molecule has 2 fully saturated rings. The van der Waals surface area contributed by atoms with Gasteiger partial charge in [-0.25, -0.2) is 9.97 Å². The third-order valence-electron chi connectivity index (χ3n) is 5.02. The fraction of sp³-hybridized carbons (Fsp3) is 0.333. The van der Waals surface area contributed by atoms with Crippen LogP contribution in [0.2, 0.25) is 0 Å². The first-order valence-corrected chi connectivity index (χ1v) is 9.47. The summed E-state index contributed by atoms with van der Waals surface area (Å²) in [7, 11) is 0. The van der Waals surface area contributed by atoms with E-state index >= 15 is 0 Å². The molecule has 8 nitrogen and oxygen atoms in total. The molecule has 2 aliphatic rings. The van der Waals surface area contributed by atoms with Crippen molar-refractivity contribution in [3.63, 3.8) is 0 Å². The number of aliphatic hydroxyl groups is 1. The van der Waals surface area contributed by atoms with Gasteiger partial charge in [0.05, 0.1) is 6.61 Å². The van der Waals surface area contributed by atoms with E-state index in [9.17, 15) is 14.7 Å². The Hall–Kier alpha value is -3.44. The lowest BCUT2D eigenvalue weighted by molar-refractivity contribution is -0.126. The molecular weight excluding hydrogens is 370 g/mol. The van der Waals surface area contributed by atoms with Gasteiger partial charge in [-0.1, -0.05) is 24.0 Å². The van der Waals surface area contributed by atoms with Crippen LogP contribution in [-0.4, -0.2) is 46.1 Å². The van der Waals surface area contributed by atoms with Gasteiger partial charge in [0.25, 0.3) is 5.91 Å². The maximum atomic E-state index is 12.0. The van der Waals surface area contributed by atoms with E-state index in [4.69, 9.17) is 5.73 Å². The maximum absolute atomic E-state index is 12.0. The average Bonchev–Trinajstić information content (AvgIpc) is 3.46. The summed E-state index contributed by atoms with van der Waals surface area (Å²) < 4.78 is 0. The van der Waals surface area contributed by atoms with E-state index in [2.05, 4.69) is 32.4 Å². The van der Waals surface area contributed by atoms with Crippen LogP contribution in [0.5, 0.6) is 0 Å². The number of hydrogen-bond acceptors (Lipinski definition) is 6. The number of rotatable bonds is 5. The minimum atomic E-state index is -1.07. The van der Waals surface area contributed by atoms with Gasteiger partial charge in [-0.05, 0) is 31.4 Å². The van der Waals surface area contributed by atoms with Gasteiger partial charge >= 0.3 is 0 Å². The Kier molecular flexibility index (Phi) is 4.91. The second-order valence-corrected chi connectivity index (χ2v) is 7.32. The highest BCUT2D eigenvalue weighted by Crippen LogP contribution is 2.27. The molecule has 0 radical (unpaired) electrons. The van der Waals surface area contributed by atoms with Crippen LogP contribution in [0.3, 0.4) is 0 Å². The summed E-state index contributed by atoms with van der Waals surface area (Å²) in [6.45, 7) is 0.171. The number of nitrogens with zero attached hydrogens (tertiary/aromatic N) is 2. The normalized spacial score (nSPS) is 20.5. The van der Waals surface area contributed by atoms with Crippen LogP contribution in [0.1, 0.15) is 35.3 Å². The van der Waals surface area contributed by atoms with E-state index in [0.717, 1.165) is 12.8 Å². The number of nitrogens with two attached hydrogens (primary N) is 1. The number of carbonyl (C=O) groups excluding carboxylic acids is 2. The van der Waals surface area contributed by atoms with Gasteiger partial charge in [0, 0.05) is 29.8 Å². The van der Waals surface area contributed by atoms with Crippen LogP contribution in [-0.2, 0) is 4.79 Å². The SMILES string of the molecule is NC(=O)c1cc(NC2CC2)nc(-c2cccc(C#C[C@@]3(CO)CCNC3=O)c2)n1. The lowest BCUT2D eigenvalue weighted by Crippen LogP contribution is -2.33. The number of anilines is 1. The van der Waals surface area contributed by atoms with Crippen molar-refractivity contribution in [3.05, 3.63) is 41.6 Å². The van der Waals surface area contributed by atoms with E-state index in [1.54, 1.807) is 24.3 Å². The predicted molar refractivity (Wildman–Crippen MR) is 107 cm³/mol. The van der Waals surface area contributed by atoms with E-state index in [-0.39, 0.29) is 18.2 Å². The number of aliphatic hydroxyl groups excluding tert-OH is 1. The van der Waals surface area contributed by atoms with Crippen molar-refractivity contribution in [2.24, 2.45) is 11.1 Å². The number of primary amides is 1. The standard InChI is InChI=1S/C21H21N5O3/c22-18(28)16-11-17(24-15-4-5-15)26-19(25-16)14-3-1-2-13(10-14)6-7-21(12-27)8-9-23-20(21)29/h1-3,10-11,15,27H,4-5,8-9,12H2,(H2,22,28)(H,23,29)(H,24,25,26)/t21-/m0/s1. The van der Waals surface area contributed by atoms with Crippen molar-refractivity contribution in [2.75, 3.05) is 18.5 Å². The lowest BCUT2D eigenvalue weighted by Gasteiger charge is -2.15. The Morgan fingerprint density at radius 1 is 1.34 bits per heavy atom. The number of nitrogens with one attached hydrogen (secondary N) is 2. The van der Waals surface area contributed by atoms with Crippen LogP contribution in [0.15, 0.2) is 30.3 Å². The number of amides is 2. The highest BCUT2D eigenvalue weighted by molar-refractivity contribution is 5.92. The van der Waals surface area contributed by atoms with E-state index < -0.39 is 11.3 Å². The molecule has 8 heteroatoms. The maximum Gasteiger partial charge on any atom is 0.267 e. The Bertz CT molecular complexity index is 1040. The fourth-order valence-corrected chi connectivity index (χ4v) is 3.12. The molecule has 1 aromatic carbocycles. The van der Waals surface area contributed by atoms with Crippen LogP contribution < -0.4 is 16.4 Å². The molecule has 0 spiro atoms.